The van der Waals surface area contributed by atoms with Gasteiger partial charge in [-0.15, -0.1) is 0 Å². The first-order valence-electron chi connectivity index (χ1n) is 9.85. The van der Waals surface area contributed by atoms with E-state index in [0.29, 0.717) is 6.61 Å². The van der Waals surface area contributed by atoms with Crippen LogP contribution in [0.1, 0.15) is 55.2 Å². The van der Waals surface area contributed by atoms with E-state index in [4.69, 9.17) is 14.5 Å². The van der Waals surface area contributed by atoms with Crippen LogP contribution in [0.15, 0.2) is 6.20 Å². The molecule has 0 saturated carbocycles. The Balaban J connectivity index is 1.40. The molecule has 0 bridgehead atoms. The summed E-state index contributed by atoms with van der Waals surface area (Å²) < 4.78 is 11.2. The second-order valence-electron chi connectivity index (χ2n) is 7.38. The number of rotatable bonds is 5. The number of nitrogens with one attached hydrogen (secondary N) is 1. The van der Waals surface area contributed by atoms with Crippen molar-refractivity contribution >= 4 is 5.91 Å². The summed E-state index contributed by atoms with van der Waals surface area (Å²) in [5.41, 5.74) is 2.30. The maximum atomic E-state index is 12.7. The van der Waals surface area contributed by atoms with Crippen LogP contribution in [0.3, 0.4) is 0 Å². The molecule has 142 valence electrons. The average Bonchev–Trinajstić information content (AvgIpc) is 3.21. The van der Waals surface area contributed by atoms with Crippen LogP contribution in [0.5, 0.6) is 0 Å². The van der Waals surface area contributed by atoms with E-state index in [-0.39, 0.29) is 24.7 Å². The number of piperidine rings is 1. The molecule has 1 aromatic rings. The Kier molecular flexibility index (Phi) is 5.77. The highest BCUT2D eigenvalue weighted by Crippen LogP contribution is 2.29. The van der Waals surface area contributed by atoms with E-state index in [1.165, 1.54) is 5.56 Å². The van der Waals surface area contributed by atoms with Crippen LogP contribution in [0, 0.1) is 0 Å². The molecule has 3 aliphatic heterocycles. The van der Waals surface area contributed by atoms with Gasteiger partial charge in [0.2, 0.25) is 5.91 Å². The fourth-order valence-electron chi connectivity index (χ4n) is 4.05. The molecule has 1 aromatic heterocycles. The third-order valence-corrected chi connectivity index (χ3v) is 5.50. The highest BCUT2D eigenvalue weighted by Gasteiger charge is 2.31. The standard InChI is InChI=1S/C19H28N4O3/c24-18(13-25-12-15-4-3-9-26-15)23-8-2-1-5-17(23)19-21-11-14-10-20-7-6-16(14)22-19/h11,15,17,20H,1-10,12-13H2/t15-,17-/m1/s1. The van der Waals surface area contributed by atoms with Gasteiger partial charge in [0.1, 0.15) is 6.61 Å². The summed E-state index contributed by atoms with van der Waals surface area (Å²) in [6.45, 7) is 3.97. The average molecular weight is 360 g/mol. The summed E-state index contributed by atoms with van der Waals surface area (Å²) in [5.74, 6) is 0.827. The lowest BCUT2D eigenvalue weighted by Gasteiger charge is -2.35. The van der Waals surface area contributed by atoms with Gasteiger partial charge in [0.15, 0.2) is 5.82 Å². The molecule has 1 N–H and O–H groups in total. The first kappa shape index (κ1) is 17.8. The lowest BCUT2D eigenvalue weighted by Crippen LogP contribution is -2.41. The molecule has 4 rings (SSSR count). The SMILES string of the molecule is O=C(COC[C@H]1CCCO1)N1CCCC[C@@H]1c1ncc2c(n1)CCNC2. The number of carbonyl (C=O) groups is 1. The normalized spacial score (nSPS) is 25.9. The molecule has 2 fully saturated rings. The molecule has 0 aromatic carbocycles. The molecule has 0 unspecified atom stereocenters. The minimum absolute atomic E-state index is 0.0252. The van der Waals surface area contributed by atoms with Gasteiger partial charge in [-0.05, 0) is 32.1 Å². The van der Waals surface area contributed by atoms with Crippen molar-refractivity contribution in [3.8, 4) is 0 Å². The van der Waals surface area contributed by atoms with Crippen LogP contribution in [0.25, 0.3) is 0 Å². The molecular formula is C19H28N4O3. The largest absolute Gasteiger partial charge is 0.376 e. The fraction of sp³-hybridized carbons (Fsp3) is 0.737. The molecule has 26 heavy (non-hydrogen) atoms. The molecule has 2 saturated heterocycles. The zero-order valence-corrected chi connectivity index (χ0v) is 15.3. The molecule has 4 heterocycles. The second-order valence-corrected chi connectivity index (χ2v) is 7.38. The monoisotopic (exact) mass is 360 g/mol. The maximum Gasteiger partial charge on any atom is 0.249 e. The van der Waals surface area contributed by atoms with Crippen LogP contribution in [0.2, 0.25) is 0 Å². The third kappa shape index (κ3) is 4.05. The predicted octanol–water partition coefficient (Wildman–Crippen LogP) is 1.37. The van der Waals surface area contributed by atoms with E-state index >= 15 is 0 Å². The zero-order chi connectivity index (χ0) is 17.8. The highest BCUT2D eigenvalue weighted by molar-refractivity contribution is 5.78. The van der Waals surface area contributed by atoms with Crippen molar-refractivity contribution in [3.05, 3.63) is 23.3 Å². The number of ether oxygens (including phenoxy) is 2. The van der Waals surface area contributed by atoms with Crippen molar-refractivity contribution in [2.24, 2.45) is 0 Å². The quantitative estimate of drug-likeness (QED) is 0.855. The maximum absolute atomic E-state index is 12.7. The van der Waals surface area contributed by atoms with Crippen molar-refractivity contribution in [2.45, 2.75) is 57.2 Å². The van der Waals surface area contributed by atoms with Crippen molar-refractivity contribution in [1.29, 1.82) is 0 Å². The summed E-state index contributed by atoms with van der Waals surface area (Å²) in [6.07, 6.45) is 8.17. The molecule has 2 atom stereocenters. The van der Waals surface area contributed by atoms with Crippen LogP contribution >= 0.6 is 0 Å². The van der Waals surface area contributed by atoms with Gasteiger partial charge in [0.25, 0.3) is 0 Å². The Bertz CT molecular complexity index is 633. The van der Waals surface area contributed by atoms with Crippen molar-refractivity contribution in [1.82, 2.24) is 20.2 Å². The Morgan fingerprint density at radius 1 is 1.35 bits per heavy atom. The lowest BCUT2D eigenvalue weighted by molar-refractivity contribution is -0.141. The number of nitrogens with zero attached hydrogens (tertiary/aromatic N) is 3. The third-order valence-electron chi connectivity index (χ3n) is 5.50. The van der Waals surface area contributed by atoms with Gasteiger partial charge in [0.05, 0.1) is 18.8 Å². The van der Waals surface area contributed by atoms with Crippen molar-refractivity contribution in [3.63, 3.8) is 0 Å². The van der Waals surface area contributed by atoms with E-state index in [0.717, 1.165) is 76.3 Å². The molecule has 1 amide bonds. The van der Waals surface area contributed by atoms with Crippen LogP contribution < -0.4 is 5.32 Å². The Hall–Kier alpha value is -1.57. The lowest BCUT2D eigenvalue weighted by atomic mass is 10.0. The molecular weight excluding hydrogens is 332 g/mol. The topological polar surface area (TPSA) is 76.6 Å². The minimum Gasteiger partial charge on any atom is -0.376 e. The minimum atomic E-state index is -0.0252. The summed E-state index contributed by atoms with van der Waals surface area (Å²) in [7, 11) is 0. The predicted molar refractivity (Wildman–Crippen MR) is 95.5 cm³/mol. The first-order valence-corrected chi connectivity index (χ1v) is 9.85. The van der Waals surface area contributed by atoms with Crippen molar-refractivity contribution < 1.29 is 14.3 Å². The van der Waals surface area contributed by atoms with Gasteiger partial charge >= 0.3 is 0 Å². The number of hydrogen-bond acceptors (Lipinski definition) is 6. The molecule has 0 aliphatic carbocycles. The number of amides is 1. The van der Waals surface area contributed by atoms with Gasteiger partial charge < -0.3 is 19.7 Å². The smallest absolute Gasteiger partial charge is 0.249 e. The molecule has 0 radical (unpaired) electrons. The number of aromatic nitrogens is 2. The van der Waals surface area contributed by atoms with E-state index in [1.54, 1.807) is 0 Å². The molecule has 3 aliphatic rings. The van der Waals surface area contributed by atoms with E-state index in [9.17, 15) is 4.79 Å². The molecule has 0 spiro atoms. The summed E-state index contributed by atoms with van der Waals surface area (Å²) >= 11 is 0. The first-order chi connectivity index (χ1) is 12.8. The van der Waals surface area contributed by atoms with Gasteiger partial charge in [-0.25, -0.2) is 9.97 Å². The van der Waals surface area contributed by atoms with E-state index in [1.807, 2.05) is 11.1 Å². The second kappa shape index (κ2) is 8.41. The number of carbonyl (C=O) groups excluding carboxylic acids is 1. The molecule has 7 nitrogen and oxygen atoms in total. The van der Waals surface area contributed by atoms with Crippen LogP contribution in [-0.4, -0.2) is 59.8 Å². The Morgan fingerprint density at radius 2 is 2.31 bits per heavy atom. The summed E-state index contributed by atoms with van der Waals surface area (Å²) in [4.78, 5) is 24.1. The number of fused-ring (bicyclic) bond motifs is 1. The van der Waals surface area contributed by atoms with Gasteiger partial charge in [0, 0.05) is 50.1 Å². The Labute approximate surface area is 154 Å². The van der Waals surface area contributed by atoms with Gasteiger partial charge in [-0.1, -0.05) is 0 Å². The van der Waals surface area contributed by atoms with E-state index < -0.39 is 0 Å². The van der Waals surface area contributed by atoms with Gasteiger partial charge in [-0.2, -0.15) is 0 Å². The Morgan fingerprint density at radius 3 is 3.19 bits per heavy atom. The summed E-state index contributed by atoms with van der Waals surface area (Å²) in [5, 5.41) is 3.34. The van der Waals surface area contributed by atoms with E-state index in [2.05, 4.69) is 10.3 Å². The van der Waals surface area contributed by atoms with Crippen LogP contribution in [-0.2, 0) is 27.2 Å². The van der Waals surface area contributed by atoms with Gasteiger partial charge in [-0.3, -0.25) is 4.79 Å². The van der Waals surface area contributed by atoms with Crippen molar-refractivity contribution in [2.75, 3.05) is 32.9 Å². The fourth-order valence-corrected chi connectivity index (χ4v) is 4.05. The highest BCUT2D eigenvalue weighted by atomic mass is 16.5. The number of likely N-dealkylation sites (tertiary alicyclic amines) is 1. The summed E-state index contributed by atoms with van der Waals surface area (Å²) in [6, 6.07) is -0.0252. The van der Waals surface area contributed by atoms with Crippen LogP contribution in [0.4, 0.5) is 0 Å². The zero-order valence-electron chi connectivity index (χ0n) is 15.3. The molecule has 7 heteroatoms. The number of hydrogen-bond donors (Lipinski definition) is 1.